The standard InChI is InChI=1S/C18H20BrF2N3O2/c1-24(2)5-4-11(9-22)18(25-3)15-6-12-7-16(26-10-17(20)21)13(19)8-14(12)23-15/h4,6-8,17-18,23H,5,10H2,1-3H3/b11-4+/t18-/m0/s1. The van der Waals surface area contributed by atoms with Crippen molar-refractivity contribution in [2.24, 2.45) is 0 Å². The number of ether oxygens (including phenoxy) is 2. The first-order valence-electron chi connectivity index (χ1n) is 7.86. The zero-order chi connectivity index (χ0) is 19.3. The second kappa shape index (κ2) is 9.12. The van der Waals surface area contributed by atoms with E-state index in [2.05, 4.69) is 27.0 Å². The summed E-state index contributed by atoms with van der Waals surface area (Å²) in [5.74, 6) is 0.334. The van der Waals surface area contributed by atoms with Crippen molar-refractivity contribution < 1.29 is 18.3 Å². The van der Waals surface area contributed by atoms with Crippen molar-refractivity contribution in [1.29, 1.82) is 5.26 Å². The average molecular weight is 428 g/mol. The van der Waals surface area contributed by atoms with Crippen molar-refractivity contribution in [3.8, 4) is 11.8 Å². The Morgan fingerprint density at radius 2 is 2.12 bits per heavy atom. The summed E-state index contributed by atoms with van der Waals surface area (Å²) in [7, 11) is 5.35. The first kappa shape index (κ1) is 20.4. The van der Waals surface area contributed by atoms with Crippen LogP contribution in [0.5, 0.6) is 5.75 Å². The van der Waals surface area contributed by atoms with E-state index in [0.29, 0.717) is 28.0 Å². The molecule has 8 heteroatoms. The second-order valence-electron chi connectivity index (χ2n) is 5.95. The highest BCUT2D eigenvalue weighted by Crippen LogP contribution is 2.34. The minimum atomic E-state index is -2.54. The minimum absolute atomic E-state index is 0.334. The van der Waals surface area contributed by atoms with Crippen molar-refractivity contribution in [2.45, 2.75) is 12.5 Å². The van der Waals surface area contributed by atoms with Gasteiger partial charge < -0.3 is 19.4 Å². The maximum Gasteiger partial charge on any atom is 0.272 e. The monoisotopic (exact) mass is 427 g/mol. The van der Waals surface area contributed by atoms with Crippen LogP contribution in [0.2, 0.25) is 0 Å². The number of H-pyrrole nitrogens is 1. The summed E-state index contributed by atoms with van der Waals surface area (Å²) in [4.78, 5) is 5.16. The topological polar surface area (TPSA) is 61.3 Å². The van der Waals surface area contributed by atoms with Gasteiger partial charge in [-0.05, 0) is 48.2 Å². The number of alkyl halides is 2. The molecule has 1 N–H and O–H groups in total. The van der Waals surface area contributed by atoms with E-state index in [1.54, 1.807) is 12.1 Å². The number of rotatable bonds is 8. The van der Waals surface area contributed by atoms with Crippen molar-refractivity contribution in [3.05, 3.63) is 40.0 Å². The number of methoxy groups -OCH3 is 1. The Hall–Kier alpha value is -1.95. The third kappa shape index (κ3) is 5.04. The van der Waals surface area contributed by atoms with Crippen LogP contribution in [0.1, 0.15) is 11.8 Å². The van der Waals surface area contributed by atoms with E-state index in [4.69, 9.17) is 9.47 Å². The minimum Gasteiger partial charge on any atom is -0.486 e. The maximum atomic E-state index is 12.4. The largest absolute Gasteiger partial charge is 0.486 e. The smallest absolute Gasteiger partial charge is 0.272 e. The van der Waals surface area contributed by atoms with E-state index < -0.39 is 19.1 Å². The SMILES string of the molecule is CO[C@@H](/C(C#N)=C/CN(C)C)c1cc2cc(OCC(F)F)c(Br)cc2[nH]1. The van der Waals surface area contributed by atoms with Crippen LogP contribution in [0.25, 0.3) is 10.9 Å². The zero-order valence-corrected chi connectivity index (χ0v) is 16.3. The van der Waals surface area contributed by atoms with Crippen molar-refractivity contribution in [2.75, 3.05) is 34.4 Å². The predicted octanol–water partition coefficient (Wildman–Crippen LogP) is 4.27. The van der Waals surface area contributed by atoms with Gasteiger partial charge in [0.1, 0.15) is 18.5 Å². The molecule has 0 saturated carbocycles. The molecule has 5 nitrogen and oxygen atoms in total. The average Bonchev–Trinajstić information content (AvgIpc) is 2.98. The molecule has 0 radical (unpaired) electrons. The number of aromatic nitrogens is 1. The van der Waals surface area contributed by atoms with E-state index >= 15 is 0 Å². The fraction of sp³-hybridized carbons (Fsp3) is 0.389. The van der Waals surface area contributed by atoms with Crippen molar-refractivity contribution in [1.82, 2.24) is 9.88 Å². The van der Waals surface area contributed by atoms with Gasteiger partial charge in [0.05, 0.1) is 21.8 Å². The molecule has 2 rings (SSSR count). The normalized spacial score (nSPS) is 13.4. The highest BCUT2D eigenvalue weighted by atomic mass is 79.9. The van der Waals surface area contributed by atoms with E-state index in [-0.39, 0.29) is 0 Å². The number of nitriles is 1. The molecule has 140 valence electrons. The van der Waals surface area contributed by atoms with E-state index in [0.717, 1.165) is 10.9 Å². The van der Waals surface area contributed by atoms with Crippen molar-refractivity contribution in [3.63, 3.8) is 0 Å². The lowest BCUT2D eigenvalue weighted by molar-refractivity contribution is 0.0816. The van der Waals surface area contributed by atoms with Gasteiger partial charge in [-0.1, -0.05) is 6.08 Å². The molecular weight excluding hydrogens is 408 g/mol. The number of nitrogens with one attached hydrogen (secondary N) is 1. The Balaban J connectivity index is 2.36. The number of hydrogen-bond acceptors (Lipinski definition) is 4. The predicted molar refractivity (Wildman–Crippen MR) is 99.5 cm³/mol. The molecule has 0 bridgehead atoms. The lowest BCUT2D eigenvalue weighted by atomic mass is 10.1. The summed E-state index contributed by atoms with van der Waals surface area (Å²) >= 11 is 3.32. The Morgan fingerprint density at radius 3 is 2.69 bits per heavy atom. The Kier molecular flexibility index (Phi) is 7.14. The second-order valence-corrected chi connectivity index (χ2v) is 6.80. The molecule has 2 aromatic rings. The highest BCUT2D eigenvalue weighted by Gasteiger charge is 2.19. The first-order chi connectivity index (χ1) is 12.3. The first-order valence-corrected chi connectivity index (χ1v) is 8.65. The van der Waals surface area contributed by atoms with Crippen LogP contribution >= 0.6 is 15.9 Å². The van der Waals surface area contributed by atoms with Crippen LogP contribution in [0.4, 0.5) is 8.78 Å². The van der Waals surface area contributed by atoms with Gasteiger partial charge in [-0.3, -0.25) is 0 Å². The van der Waals surface area contributed by atoms with E-state index in [1.165, 1.54) is 7.11 Å². The third-order valence-electron chi connectivity index (χ3n) is 3.66. The molecule has 0 unspecified atom stereocenters. The maximum absolute atomic E-state index is 12.4. The molecule has 0 aliphatic heterocycles. The van der Waals surface area contributed by atoms with Gasteiger partial charge in [0.2, 0.25) is 0 Å². The fourth-order valence-corrected chi connectivity index (χ4v) is 2.93. The number of likely N-dealkylation sites (N-methyl/N-ethyl adjacent to an activating group) is 1. The summed E-state index contributed by atoms with van der Waals surface area (Å²) in [5, 5.41) is 10.2. The highest BCUT2D eigenvalue weighted by molar-refractivity contribution is 9.10. The molecule has 0 fully saturated rings. The number of aromatic amines is 1. The van der Waals surface area contributed by atoms with Gasteiger partial charge in [-0.15, -0.1) is 0 Å². The summed E-state index contributed by atoms with van der Waals surface area (Å²) in [5.41, 5.74) is 1.97. The van der Waals surface area contributed by atoms with Gasteiger partial charge in [0.15, 0.2) is 0 Å². The molecule has 1 atom stereocenters. The van der Waals surface area contributed by atoms with Crippen molar-refractivity contribution >= 4 is 26.8 Å². The lowest BCUT2D eigenvalue weighted by Crippen LogP contribution is -2.13. The summed E-state index contributed by atoms with van der Waals surface area (Å²) in [6, 6.07) is 7.43. The molecule has 0 spiro atoms. The van der Waals surface area contributed by atoms with Crippen LogP contribution in [0.15, 0.2) is 34.3 Å². The van der Waals surface area contributed by atoms with Crippen LogP contribution < -0.4 is 4.74 Å². The zero-order valence-electron chi connectivity index (χ0n) is 14.7. The number of hydrogen-bond donors (Lipinski definition) is 1. The van der Waals surface area contributed by atoms with Gasteiger partial charge >= 0.3 is 0 Å². The molecule has 26 heavy (non-hydrogen) atoms. The lowest BCUT2D eigenvalue weighted by Gasteiger charge is -2.14. The molecular formula is C18H20BrF2N3O2. The molecule has 0 saturated heterocycles. The Labute approximate surface area is 159 Å². The van der Waals surface area contributed by atoms with E-state index in [9.17, 15) is 14.0 Å². The number of nitrogens with zero attached hydrogens (tertiary/aromatic N) is 2. The van der Waals surface area contributed by atoms with Crippen LogP contribution in [0.3, 0.4) is 0 Å². The Bertz CT molecular complexity index is 828. The van der Waals surface area contributed by atoms with Crippen LogP contribution in [-0.2, 0) is 4.74 Å². The molecule has 0 amide bonds. The van der Waals surface area contributed by atoms with Crippen LogP contribution in [-0.4, -0.2) is 50.7 Å². The number of halogens is 3. The molecule has 1 aromatic heterocycles. The summed E-state index contributed by atoms with van der Waals surface area (Å²) < 4.78 is 36.0. The van der Waals surface area contributed by atoms with Gasteiger partial charge in [-0.2, -0.15) is 5.26 Å². The fourth-order valence-electron chi connectivity index (χ4n) is 2.47. The summed E-state index contributed by atoms with van der Waals surface area (Å²) in [6.45, 7) is -0.0614. The molecule has 0 aliphatic carbocycles. The molecule has 1 aromatic carbocycles. The summed E-state index contributed by atoms with van der Waals surface area (Å²) in [6.07, 6.45) is -1.28. The Morgan fingerprint density at radius 1 is 1.38 bits per heavy atom. The van der Waals surface area contributed by atoms with Crippen LogP contribution in [0, 0.1) is 11.3 Å². The van der Waals surface area contributed by atoms with E-state index in [1.807, 2.05) is 31.1 Å². The number of fused-ring (bicyclic) bond motifs is 1. The molecule has 0 aliphatic rings. The van der Waals surface area contributed by atoms with Gasteiger partial charge in [-0.25, -0.2) is 8.78 Å². The quantitative estimate of drug-likeness (QED) is 0.638. The van der Waals surface area contributed by atoms with Gasteiger partial charge in [0, 0.05) is 24.6 Å². The number of benzene rings is 1. The van der Waals surface area contributed by atoms with Gasteiger partial charge in [0.25, 0.3) is 6.43 Å². The molecule has 1 heterocycles. The third-order valence-corrected chi connectivity index (χ3v) is 4.28.